The first kappa shape index (κ1) is 16.4. The van der Waals surface area contributed by atoms with Gasteiger partial charge in [0.05, 0.1) is 25.3 Å². The Hall–Kier alpha value is -0.970. The van der Waals surface area contributed by atoms with Gasteiger partial charge in [0.2, 0.25) is 0 Å². The smallest absolute Gasteiger partial charge is 0.179 e. The van der Waals surface area contributed by atoms with Crippen molar-refractivity contribution in [2.24, 2.45) is 0 Å². The number of ether oxygens (including phenoxy) is 3. The summed E-state index contributed by atoms with van der Waals surface area (Å²) in [6.45, 7) is 2.55. The van der Waals surface area contributed by atoms with Crippen molar-refractivity contribution in [3.8, 4) is 11.5 Å². The number of nitrogens with one attached hydrogen (secondary N) is 1. The van der Waals surface area contributed by atoms with Gasteiger partial charge in [0.1, 0.15) is 0 Å². The minimum atomic E-state index is 0.409. The molecule has 118 valence electrons. The van der Waals surface area contributed by atoms with E-state index in [4.69, 9.17) is 25.8 Å². The van der Waals surface area contributed by atoms with E-state index in [1.54, 1.807) is 14.2 Å². The molecule has 21 heavy (non-hydrogen) atoms. The molecule has 5 heteroatoms. The molecule has 1 aliphatic rings. The Kier molecular flexibility index (Phi) is 6.61. The van der Waals surface area contributed by atoms with Crippen molar-refractivity contribution in [2.45, 2.75) is 38.3 Å². The first-order valence-electron chi connectivity index (χ1n) is 7.48. The van der Waals surface area contributed by atoms with Crippen LogP contribution in [-0.4, -0.2) is 33.5 Å². The maximum absolute atomic E-state index is 6.35. The Balaban J connectivity index is 1.82. The third kappa shape index (κ3) is 4.50. The zero-order valence-electron chi connectivity index (χ0n) is 12.8. The van der Waals surface area contributed by atoms with Crippen molar-refractivity contribution in [1.82, 2.24) is 5.32 Å². The fourth-order valence-corrected chi connectivity index (χ4v) is 2.89. The lowest BCUT2D eigenvalue weighted by atomic mass is 10.1. The summed E-state index contributed by atoms with van der Waals surface area (Å²) < 4.78 is 16.3. The number of rotatable bonds is 7. The molecule has 1 aliphatic heterocycles. The van der Waals surface area contributed by atoms with Crippen molar-refractivity contribution in [1.29, 1.82) is 0 Å². The zero-order valence-corrected chi connectivity index (χ0v) is 13.5. The number of methoxy groups -OCH3 is 2. The van der Waals surface area contributed by atoms with Crippen LogP contribution >= 0.6 is 11.6 Å². The second-order valence-electron chi connectivity index (χ2n) is 5.23. The molecule has 0 bridgehead atoms. The summed E-state index contributed by atoms with van der Waals surface area (Å²) in [5.74, 6) is 1.25. The van der Waals surface area contributed by atoms with Crippen LogP contribution in [0.15, 0.2) is 12.1 Å². The molecule has 0 aliphatic carbocycles. The van der Waals surface area contributed by atoms with E-state index in [1.807, 2.05) is 12.1 Å². The number of hydrogen-bond donors (Lipinski definition) is 1. The second kappa shape index (κ2) is 8.47. The summed E-state index contributed by atoms with van der Waals surface area (Å²) in [5, 5.41) is 4.03. The van der Waals surface area contributed by atoms with E-state index < -0.39 is 0 Å². The van der Waals surface area contributed by atoms with Crippen LogP contribution in [0.3, 0.4) is 0 Å². The fraction of sp³-hybridized carbons (Fsp3) is 0.625. The van der Waals surface area contributed by atoms with Crippen LogP contribution in [0, 0.1) is 0 Å². The lowest BCUT2D eigenvalue weighted by Crippen LogP contribution is -2.25. The van der Waals surface area contributed by atoms with Gasteiger partial charge in [0.15, 0.2) is 11.5 Å². The molecule has 1 saturated heterocycles. The molecule has 1 unspecified atom stereocenters. The molecule has 1 aromatic carbocycles. The van der Waals surface area contributed by atoms with E-state index in [2.05, 4.69) is 5.32 Å². The van der Waals surface area contributed by atoms with Gasteiger partial charge in [-0.3, -0.25) is 0 Å². The minimum absolute atomic E-state index is 0.409. The summed E-state index contributed by atoms with van der Waals surface area (Å²) in [6.07, 6.45) is 5.12. The molecule has 2 rings (SSSR count). The quantitative estimate of drug-likeness (QED) is 0.783. The monoisotopic (exact) mass is 313 g/mol. The lowest BCUT2D eigenvalue weighted by Gasteiger charge is -2.22. The molecule has 1 atom stereocenters. The maximum Gasteiger partial charge on any atom is 0.179 e. The van der Waals surface area contributed by atoms with E-state index >= 15 is 0 Å². The van der Waals surface area contributed by atoms with Gasteiger partial charge in [-0.2, -0.15) is 0 Å². The maximum atomic E-state index is 6.35. The Bertz CT molecular complexity index is 447. The molecule has 4 nitrogen and oxygen atoms in total. The zero-order chi connectivity index (χ0) is 15.1. The molecule has 1 N–H and O–H groups in total. The Morgan fingerprint density at radius 1 is 1.29 bits per heavy atom. The van der Waals surface area contributed by atoms with Gasteiger partial charge in [-0.05, 0) is 43.9 Å². The van der Waals surface area contributed by atoms with Gasteiger partial charge in [0.25, 0.3) is 0 Å². The van der Waals surface area contributed by atoms with Crippen LogP contribution in [0.25, 0.3) is 0 Å². The highest BCUT2D eigenvalue weighted by molar-refractivity contribution is 6.33. The normalized spacial score (nSPS) is 18.5. The molecule has 1 fully saturated rings. The van der Waals surface area contributed by atoms with Crippen LogP contribution in [0.1, 0.15) is 31.2 Å². The second-order valence-corrected chi connectivity index (χ2v) is 5.61. The number of hydrogen-bond acceptors (Lipinski definition) is 4. The third-order valence-corrected chi connectivity index (χ3v) is 4.21. The van der Waals surface area contributed by atoms with Crippen LogP contribution in [0.4, 0.5) is 0 Å². The van der Waals surface area contributed by atoms with Crippen LogP contribution in [-0.2, 0) is 11.3 Å². The van der Waals surface area contributed by atoms with Crippen LogP contribution < -0.4 is 14.8 Å². The van der Waals surface area contributed by atoms with E-state index in [9.17, 15) is 0 Å². The van der Waals surface area contributed by atoms with Gasteiger partial charge < -0.3 is 19.5 Å². The van der Waals surface area contributed by atoms with Crippen molar-refractivity contribution in [3.63, 3.8) is 0 Å². The molecule has 0 radical (unpaired) electrons. The molecular weight excluding hydrogens is 290 g/mol. The molecule has 0 aromatic heterocycles. The molecule has 0 amide bonds. The summed E-state index contributed by atoms with van der Waals surface area (Å²) in [6, 6.07) is 3.85. The summed E-state index contributed by atoms with van der Waals surface area (Å²) in [4.78, 5) is 0. The van der Waals surface area contributed by atoms with Crippen molar-refractivity contribution >= 4 is 11.6 Å². The standard InChI is InChI=1S/C16H24ClNO3/c1-19-14-7-6-12(15(17)16(14)20-2)11-18-9-8-13-5-3-4-10-21-13/h6-7,13,18H,3-5,8-11H2,1-2H3. The SMILES string of the molecule is COc1ccc(CNCCC2CCCCO2)c(Cl)c1OC. The first-order valence-corrected chi connectivity index (χ1v) is 7.85. The van der Waals surface area contributed by atoms with Gasteiger partial charge in [-0.1, -0.05) is 17.7 Å². The van der Waals surface area contributed by atoms with Crippen molar-refractivity contribution < 1.29 is 14.2 Å². The van der Waals surface area contributed by atoms with Gasteiger partial charge >= 0.3 is 0 Å². The topological polar surface area (TPSA) is 39.7 Å². The van der Waals surface area contributed by atoms with Crippen molar-refractivity contribution in [2.75, 3.05) is 27.4 Å². The van der Waals surface area contributed by atoms with Crippen LogP contribution in [0.2, 0.25) is 5.02 Å². The van der Waals surface area contributed by atoms with Gasteiger partial charge in [-0.15, -0.1) is 0 Å². The molecule has 0 spiro atoms. The highest BCUT2D eigenvalue weighted by atomic mass is 35.5. The molecule has 0 saturated carbocycles. The molecule has 1 aromatic rings. The van der Waals surface area contributed by atoms with E-state index in [1.165, 1.54) is 19.3 Å². The Labute approximate surface area is 131 Å². The highest BCUT2D eigenvalue weighted by Gasteiger charge is 2.14. The fourth-order valence-electron chi connectivity index (χ4n) is 2.59. The average Bonchev–Trinajstić information content (AvgIpc) is 2.53. The minimum Gasteiger partial charge on any atom is -0.493 e. The van der Waals surface area contributed by atoms with E-state index in [-0.39, 0.29) is 0 Å². The number of halogens is 1. The summed E-state index contributed by atoms with van der Waals surface area (Å²) in [5.41, 5.74) is 1.01. The summed E-state index contributed by atoms with van der Waals surface area (Å²) >= 11 is 6.35. The average molecular weight is 314 g/mol. The van der Waals surface area contributed by atoms with Crippen LogP contribution in [0.5, 0.6) is 11.5 Å². The highest BCUT2D eigenvalue weighted by Crippen LogP contribution is 2.37. The largest absolute Gasteiger partial charge is 0.493 e. The lowest BCUT2D eigenvalue weighted by molar-refractivity contribution is 0.0115. The Morgan fingerprint density at radius 3 is 2.81 bits per heavy atom. The summed E-state index contributed by atoms with van der Waals surface area (Å²) in [7, 11) is 3.21. The molecular formula is C16H24ClNO3. The first-order chi connectivity index (χ1) is 10.3. The van der Waals surface area contributed by atoms with Gasteiger partial charge in [0, 0.05) is 13.2 Å². The molecule has 1 heterocycles. The van der Waals surface area contributed by atoms with E-state index in [0.29, 0.717) is 29.2 Å². The number of benzene rings is 1. The predicted molar refractivity (Wildman–Crippen MR) is 84.5 cm³/mol. The predicted octanol–water partition coefficient (Wildman–Crippen LogP) is 3.41. The van der Waals surface area contributed by atoms with Gasteiger partial charge in [-0.25, -0.2) is 0 Å². The van der Waals surface area contributed by atoms with E-state index in [0.717, 1.165) is 25.1 Å². The van der Waals surface area contributed by atoms with Crippen molar-refractivity contribution in [3.05, 3.63) is 22.7 Å². The third-order valence-electron chi connectivity index (χ3n) is 3.80. The Morgan fingerprint density at radius 2 is 2.14 bits per heavy atom.